The molecule has 0 radical (unpaired) electrons. The van der Waals surface area contributed by atoms with Crippen LogP contribution >= 0.6 is 0 Å². The second-order valence-electron chi connectivity index (χ2n) is 8.55. The van der Waals surface area contributed by atoms with E-state index >= 15 is 0 Å². The number of rotatable bonds is 6. The van der Waals surface area contributed by atoms with Crippen molar-refractivity contribution in [3.05, 3.63) is 28.8 Å². The molecule has 0 aromatic heterocycles. The number of piperazine rings is 1. The Bertz CT molecular complexity index is 701. The third kappa shape index (κ3) is 5.11. The molecule has 0 bridgehead atoms. The summed E-state index contributed by atoms with van der Waals surface area (Å²) in [6, 6.07) is 5.17. The molecule has 1 amide bonds. The minimum atomic E-state index is 0.191. The van der Waals surface area contributed by atoms with Crippen molar-refractivity contribution < 1.29 is 14.6 Å². The molecule has 1 aromatic carbocycles. The quantitative estimate of drug-likeness (QED) is 0.789. The van der Waals surface area contributed by atoms with Crippen LogP contribution in [0, 0.1) is 13.8 Å². The van der Waals surface area contributed by atoms with Gasteiger partial charge in [0, 0.05) is 64.9 Å². The van der Waals surface area contributed by atoms with E-state index < -0.39 is 0 Å². The first-order chi connectivity index (χ1) is 13.9. The number of carbonyl (C=O) groups excluding carboxylic acids is 1. The van der Waals surface area contributed by atoms with Gasteiger partial charge in [0.1, 0.15) is 5.75 Å². The van der Waals surface area contributed by atoms with E-state index in [9.17, 15) is 9.90 Å². The molecule has 3 rings (SSSR count). The third-order valence-electron chi connectivity index (χ3n) is 6.97. The minimum Gasteiger partial charge on any atom is -0.496 e. The summed E-state index contributed by atoms with van der Waals surface area (Å²) in [4.78, 5) is 18.7. The van der Waals surface area contributed by atoms with Crippen LogP contribution in [0.3, 0.4) is 0 Å². The number of carbonyl (C=O) groups is 1. The number of hydrogen-bond acceptors (Lipinski definition) is 5. The van der Waals surface area contributed by atoms with Crippen molar-refractivity contribution in [3.8, 4) is 5.75 Å². The molecule has 1 atom stereocenters. The van der Waals surface area contributed by atoms with Crippen molar-refractivity contribution in [3.63, 3.8) is 0 Å². The molecule has 0 spiro atoms. The average molecular weight is 404 g/mol. The highest BCUT2D eigenvalue weighted by atomic mass is 16.5. The normalized spacial score (nSPS) is 22.1. The molecular weight excluding hydrogens is 366 g/mol. The summed E-state index contributed by atoms with van der Waals surface area (Å²) in [6.07, 6.45) is 2.92. The van der Waals surface area contributed by atoms with Gasteiger partial charge in [0.25, 0.3) is 0 Å². The number of amides is 1. The van der Waals surface area contributed by atoms with Gasteiger partial charge in [0.05, 0.1) is 7.11 Å². The molecular formula is C23H37N3O3. The highest BCUT2D eigenvalue weighted by molar-refractivity contribution is 5.73. The Kier molecular flexibility index (Phi) is 7.55. The Morgan fingerprint density at radius 3 is 2.48 bits per heavy atom. The summed E-state index contributed by atoms with van der Waals surface area (Å²) in [6.45, 7) is 11.9. The average Bonchev–Trinajstić information content (AvgIpc) is 2.73. The number of methoxy groups -OCH3 is 1. The van der Waals surface area contributed by atoms with E-state index in [4.69, 9.17) is 4.74 Å². The van der Waals surface area contributed by atoms with Crippen molar-refractivity contribution >= 4 is 5.91 Å². The summed E-state index contributed by atoms with van der Waals surface area (Å²) in [5.41, 5.74) is 3.85. The highest BCUT2D eigenvalue weighted by Gasteiger charge is 2.32. The molecule has 162 valence electrons. The molecule has 1 N–H and O–H groups in total. The van der Waals surface area contributed by atoms with E-state index in [2.05, 4.69) is 35.8 Å². The van der Waals surface area contributed by atoms with E-state index in [1.807, 2.05) is 4.90 Å². The lowest BCUT2D eigenvalue weighted by molar-refractivity contribution is -0.130. The zero-order valence-electron chi connectivity index (χ0n) is 18.5. The zero-order chi connectivity index (χ0) is 21.0. The Labute approximate surface area is 175 Å². The van der Waals surface area contributed by atoms with Crippen LogP contribution in [0.2, 0.25) is 0 Å². The van der Waals surface area contributed by atoms with Crippen molar-refractivity contribution in [2.45, 2.75) is 58.7 Å². The molecule has 6 heteroatoms. The van der Waals surface area contributed by atoms with Crippen LogP contribution in [-0.2, 0) is 11.3 Å². The van der Waals surface area contributed by atoms with E-state index in [-0.39, 0.29) is 12.5 Å². The first-order valence-corrected chi connectivity index (χ1v) is 10.9. The van der Waals surface area contributed by atoms with Gasteiger partial charge in [-0.15, -0.1) is 0 Å². The van der Waals surface area contributed by atoms with Gasteiger partial charge >= 0.3 is 0 Å². The molecule has 0 unspecified atom stereocenters. The van der Waals surface area contributed by atoms with Gasteiger partial charge in [-0.3, -0.25) is 14.6 Å². The van der Waals surface area contributed by atoms with Crippen molar-refractivity contribution in [1.82, 2.24) is 14.7 Å². The van der Waals surface area contributed by atoms with Crippen LogP contribution in [0.5, 0.6) is 5.75 Å². The second kappa shape index (κ2) is 9.92. The fraction of sp³-hybridized carbons (Fsp3) is 0.696. The van der Waals surface area contributed by atoms with E-state index in [1.54, 1.807) is 14.0 Å². The fourth-order valence-electron chi connectivity index (χ4n) is 4.89. The molecule has 2 fully saturated rings. The number of ether oxygens (including phenoxy) is 1. The first kappa shape index (κ1) is 22.1. The van der Waals surface area contributed by atoms with Gasteiger partial charge in [-0.2, -0.15) is 0 Å². The summed E-state index contributed by atoms with van der Waals surface area (Å²) in [5, 5.41) is 9.66. The van der Waals surface area contributed by atoms with Gasteiger partial charge in [-0.05, 0) is 55.9 Å². The smallest absolute Gasteiger partial charge is 0.219 e. The minimum absolute atomic E-state index is 0.191. The molecule has 0 saturated carbocycles. The Hall–Kier alpha value is -1.63. The molecule has 2 heterocycles. The zero-order valence-corrected chi connectivity index (χ0v) is 18.5. The van der Waals surface area contributed by atoms with Gasteiger partial charge in [0.2, 0.25) is 5.91 Å². The molecule has 0 aliphatic carbocycles. The van der Waals surface area contributed by atoms with Gasteiger partial charge in [-0.25, -0.2) is 0 Å². The van der Waals surface area contributed by atoms with Crippen molar-refractivity contribution in [2.75, 3.05) is 46.4 Å². The first-order valence-electron chi connectivity index (χ1n) is 10.9. The summed E-state index contributed by atoms with van der Waals surface area (Å²) < 4.78 is 5.46. The maximum absolute atomic E-state index is 11.6. The number of benzene rings is 1. The van der Waals surface area contributed by atoms with E-state index in [0.29, 0.717) is 12.1 Å². The number of piperidine rings is 1. The van der Waals surface area contributed by atoms with Crippen molar-refractivity contribution in [2.24, 2.45) is 0 Å². The van der Waals surface area contributed by atoms with Gasteiger partial charge in [-0.1, -0.05) is 6.07 Å². The van der Waals surface area contributed by atoms with Crippen LogP contribution in [-0.4, -0.2) is 84.2 Å². The van der Waals surface area contributed by atoms with E-state index in [0.717, 1.165) is 64.3 Å². The molecule has 2 saturated heterocycles. The molecule has 29 heavy (non-hydrogen) atoms. The lowest BCUT2D eigenvalue weighted by atomic mass is 9.98. The summed E-state index contributed by atoms with van der Waals surface area (Å²) in [7, 11) is 1.72. The Balaban J connectivity index is 1.64. The predicted octanol–water partition coefficient (Wildman–Crippen LogP) is 2.19. The topological polar surface area (TPSA) is 56.2 Å². The molecule has 1 aromatic rings. The second-order valence-corrected chi connectivity index (χ2v) is 8.55. The highest BCUT2D eigenvalue weighted by Crippen LogP contribution is 2.27. The Morgan fingerprint density at radius 1 is 1.14 bits per heavy atom. The number of aliphatic hydroxyl groups excluding tert-OH is 1. The van der Waals surface area contributed by atoms with Gasteiger partial charge in [0.15, 0.2) is 0 Å². The van der Waals surface area contributed by atoms with Crippen LogP contribution in [0.15, 0.2) is 12.1 Å². The largest absolute Gasteiger partial charge is 0.496 e. The Morgan fingerprint density at radius 2 is 1.86 bits per heavy atom. The summed E-state index contributed by atoms with van der Waals surface area (Å²) in [5.74, 6) is 1.14. The predicted molar refractivity (Wildman–Crippen MR) is 115 cm³/mol. The standard InChI is InChI=1S/C23H37N3O3/c1-17-18(2)23(29-4)6-5-20(17)15-25-12-13-26(16-22(25)9-14-27)21-7-10-24(11-8-21)19(3)28/h5-6,21-22,27H,7-16H2,1-4H3/t22-/m1/s1. The van der Waals surface area contributed by atoms with E-state index in [1.165, 1.54) is 16.7 Å². The van der Waals surface area contributed by atoms with Gasteiger partial charge < -0.3 is 14.7 Å². The number of hydrogen-bond donors (Lipinski definition) is 1. The molecule has 6 nitrogen and oxygen atoms in total. The van der Waals surface area contributed by atoms with Crippen LogP contribution in [0.4, 0.5) is 0 Å². The third-order valence-corrected chi connectivity index (χ3v) is 6.97. The lowest BCUT2D eigenvalue weighted by Gasteiger charge is -2.46. The number of nitrogens with zero attached hydrogens (tertiary/aromatic N) is 3. The summed E-state index contributed by atoms with van der Waals surface area (Å²) >= 11 is 0. The maximum Gasteiger partial charge on any atom is 0.219 e. The molecule has 2 aliphatic heterocycles. The van der Waals surface area contributed by atoms with Crippen molar-refractivity contribution in [1.29, 1.82) is 0 Å². The lowest BCUT2D eigenvalue weighted by Crippen LogP contribution is -2.57. The van der Waals surface area contributed by atoms with Crippen LogP contribution in [0.1, 0.15) is 42.9 Å². The van der Waals surface area contributed by atoms with Crippen LogP contribution in [0.25, 0.3) is 0 Å². The SMILES string of the molecule is COc1ccc(CN2CCN(C3CCN(C(C)=O)CC3)C[C@H]2CCO)c(C)c1C. The van der Waals surface area contributed by atoms with Crippen LogP contribution < -0.4 is 4.74 Å². The maximum atomic E-state index is 11.6. The monoisotopic (exact) mass is 403 g/mol. The number of likely N-dealkylation sites (tertiary alicyclic amines) is 1. The number of aliphatic hydroxyl groups is 1. The molecule has 2 aliphatic rings. The fourth-order valence-corrected chi connectivity index (χ4v) is 4.89.